The van der Waals surface area contributed by atoms with Crippen LogP contribution in [0.5, 0.6) is 5.75 Å². The number of aliphatic hydroxyl groups is 1. The molecule has 1 rings (SSSR count). The van der Waals surface area contributed by atoms with Gasteiger partial charge in [0.15, 0.2) is 0 Å². The van der Waals surface area contributed by atoms with E-state index in [1.807, 2.05) is 25.1 Å². The van der Waals surface area contributed by atoms with Gasteiger partial charge in [0.1, 0.15) is 5.75 Å². The number of hydrogen-bond donors (Lipinski definition) is 3. The zero-order valence-corrected chi connectivity index (χ0v) is 10.6. The van der Waals surface area contributed by atoms with Crippen LogP contribution in [0.1, 0.15) is 18.9 Å². The number of carbonyl (C=O) groups is 1. The molecule has 1 aromatic rings. The maximum Gasteiger partial charge on any atom is 0.306 e. The number of nitrogens with one attached hydrogen (secondary N) is 1. The van der Waals surface area contributed by atoms with E-state index >= 15 is 0 Å². The first-order valence-electron chi connectivity index (χ1n) is 5.87. The second-order valence-corrected chi connectivity index (χ2v) is 4.01. The predicted molar refractivity (Wildman–Crippen MR) is 69.1 cm³/mol. The summed E-state index contributed by atoms with van der Waals surface area (Å²) in [6.07, 6.45) is -0.310. The summed E-state index contributed by atoms with van der Waals surface area (Å²) in [6, 6.07) is 5.63. The minimum Gasteiger partial charge on any atom is -0.496 e. The number of anilines is 1. The smallest absolute Gasteiger partial charge is 0.306 e. The van der Waals surface area contributed by atoms with Gasteiger partial charge in [-0.2, -0.15) is 0 Å². The van der Waals surface area contributed by atoms with Crippen molar-refractivity contribution >= 4 is 11.7 Å². The molecule has 0 aliphatic rings. The second-order valence-electron chi connectivity index (χ2n) is 4.01. The fraction of sp³-hybridized carbons (Fsp3) is 0.462. The first-order chi connectivity index (χ1) is 8.56. The topological polar surface area (TPSA) is 78.8 Å². The molecule has 100 valence electrons. The summed E-state index contributed by atoms with van der Waals surface area (Å²) in [7, 11) is 1.62. The Hall–Kier alpha value is -1.75. The Balaban J connectivity index is 2.60. The van der Waals surface area contributed by atoms with Gasteiger partial charge in [0.05, 0.1) is 19.6 Å². The summed E-state index contributed by atoms with van der Waals surface area (Å²) in [6.45, 7) is 2.24. The zero-order chi connectivity index (χ0) is 13.5. The van der Waals surface area contributed by atoms with E-state index in [0.29, 0.717) is 0 Å². The average molecular weight is 253 g/mol. The van der Waals surface area contributed by atoms with E-state index in [4.69, 9.17) is 9.84 Å². The number of carboxylic acids is 1. The number of rotatable bonds is 7. The molecule has 0 amide bonds. The maximum atomic E-state index is 10.4. The minimum absolute atomic E-state index is 0.210. The van der Waals surface area contributed by atoms with Gasteiger partial charge in [0.2, 0.25) is 0 Å². The van der Waals surface area contributed by atoms with Crippen LogP contribution in [0.15, 0.2) is 18.2 Å². The third-order valence-electron chi connectivity index (χ3n) is 2.61. The van der Waals surface area contributed by atoms with Crippen LogP contribution in [0.3, 0.4) is 0 Å². The zero-order valence-electron chi connectivity index (χ0n) is 10.6. The maximum absolute atomic E-state index is 10.4. The lowest BCUT2D eigenvalue weighted by Crippen LogP contribution is -2.22. The van der Waals surface area contributed by atoms with Gasteiger partial charge in [-0.25, -0.2) is 0 Å². The molecule has 0 aliphatic heterocycles. The Morgan fingerprint density at radius 2 is 2.22 bits per heavy atom. The third kappa shape index (κ3) is 4.25. The van der Waals surface area contributed by atoms with Crippen molar-refractivity contribution in [3.63, 3.8) is 0 Å². The molecule has 1 unspecified atom stereocenters. The molecule has 0 fully saturated rings. The summed E-state index contributed by atoms with van der Waals surface area (Å²) < 4.78 is 5.21. The molecule has 0 saturated carbocycles. The van der Waals surface area contributed by atoms with Crippen molar-refractivity contribution in [3.05, 3.63) is 23.8 Å². The minimum atomic E-state index is -1.01. The van der Waals surface area contributed by atoms with Crippen molar-refractivity contribution in [2.45, 2.75) is 25.9 Å². The van der Waals surface area contributed by atoms with Crippen LogP contribution in [-0.2, 0) is 11.2 Å². The van der Waals surface area contributed by atoms with Crippen molar-refractivity contribution < 1.29 is 19.7 Å². The van der Waals surface area contributed by atoms with E-state index < -0.39 is 12.1 Å². The van der Waals surface area contributed by atoms with E-state index in [1.54, 1.807) is 7.11 Å². The van der Waals surface area contributed by atoms with E-state index in [0.717, 1.165) is 23.4 Å². The number of aliphatic carboxylic acids is 1. The number of hydrogen-bond acceptors (Lipinski definition) is 4. The third-order valence-corrected chi connectivity index (χ3v) is 2.61. The predicted octanol–water partition coefficient (Wildman–Crippen LogP) is 1.51. The van der Waals surface area contributed by atoms with E-state index in [-0.39, 0.29) is 13.0 Å². The Labute approximate surface area is 106 Å². The van der Waals surface area contributed by atoms with Gasteiger partial charge in [0, 0.05) is 12.2 Å². The highest BCUT2D eigenvalue weighted by molar-refractivity contribution is 5.67. The largest absolute Gasteiger partial charge is 0.496 e. The highest BCUT2D eigenvalue weighted by Crippen LogP contribution is 2.22. The molecule has 0 spiro atoms. The van der Waals surface area contributed by atoms with Crippen LogP contribution < -0.4 is 10.1 Å². The van der Waals surface area contributed by atoms with Crippen molar-refractivity contribution in [3.8, 4) is 5.75 Å². The van der Waals surface area contributed by atoms with E-state index in [9.17, 15) is 9.90 Å². The highest BCUT2D eigenvalue weighted by atomic mass is 16.5. The molecule has 18 heavy (non-hydrogen) atoms. The number of aryl methyl sites for hydroxylation is 1. The fourth-order valence-electron chi connectivity index (χ4n) is 1.67. The molecule has 0 heterocycles. The summed E-state index contributed by atoms with van der Waals surface area (Å²) >= 11 is 0. The van der Waals surface area contributed by atoms with E-state index in [1.165, 1.54) is 0 Å². The van der Waals surface area contributed by atoms with E-state index in [2.05, 4.69) is 5.32 Å². The highest BCUT2D eigenvalue weighted by Gasteiger charge is 2.09. The normalized spacial score (nSPS) is 11.9. The molecule has 0 radical (unpaired) electrons. The molecular weight excluding hydrogens is 234 g/mol. The number of ether oxygens (including phenoxy) is 1. The molecular formula is C13H19NO4. The lowest BCUT2D eigenvalue weighted by atomic mass is 10.1. The average Bonchev–Trinajstić information content (AvgIpc) is 2.35. The van der Waals surface area contributed by atoms with Gasteiger partial charge in [-0.15, -0.1) is 0 Å². The summed E-state index contributed by atoms with van der Waals surface area (Å²) in [5.74, 6) is -0.178. The molecule has 1 atom stereocenters. The fourth-order valence-corrected chi connectivity index (χ4v) is 1.67. The standard InChI is InChI=1S/C13H19NO4/c1-3-9-6-10(4-5-12(9)18-2)14-8-11(15)7-13(16)17/h4-6,11,14-15H,3,7-8H2,1-2H3,(H,16,17). The quantitative estimate of drug-likeness (QED) is 0.686. The molecule has 3 N–H and O–H groups in total. The van der Waals surface area contributed by atoms with Gasteiger partial charge in [-0.05, 0) is 30.2 Å². The molecule has 5 heteroatoms. The van der Waals surface area contributed by atoms with Crippen LogP contribution in [0.2, 0.25) is 0 Å². The Morgan fingerprint density at radius 3 is 2.78 bits per heavy atom. The van der Waals surface area contributed by atoms with Gasteiger partial charge in [-0.3, -0.25) is 4.79 Å². The molecule has 0 aromatic heterocycles. The molecule has 0 aliphatic carbocycles. The Bertz CT molecular complexity index is 406. The number of carboxylic acid groups (broad SMARTS) is 1. The van der Waals surface area contributed by atoms with Crippen LogP contribution >= 0.6 is 0 Å². The van der Waals surface area contributed by atoms with Gasteiger partial charge in [0.25, 0.3) is 0 Å². The first kappa shape index (κ1) is 14.3. The SMILES string of the molecule is CCc1cc(NCC(O)CC(=O)O)ccc1OC. The van der Waals surface area contributed by atoms with Crippen molar-refractivity contribution in [2.75, 3.05) is 19.0 Å². The van der Waals surface area contributed by atoms with Crippen LogP contribution in [0.25, 0.3) is 0 Å². The lowest BCUT2D eigenvalue weighted by molar-refractivity contribution is -0.138. The molecule has 0 bridgehead atoms. The summed E-state index contributed by atoms with van der Waals surface area (Å²) in [4.78, 5) is 10.4. The Morgan fingerprint density at radius 1 is 1.50 bits per heavy atom. The monoisotopic (exact) mass is 253 g/mol. The summed E-state index contributed by atoms with van der Waals surface area (Å²) in [5.41, 5.74) is 1.91. The van der Waals surface area contributed by atoms with Crippen LogP contribution in [-0.4, -0.2) is 35.9 Å². The number of aliphatic hydroxyl groups excluding tert-OH is 1. The van der Waals surface area contributed by atoms with Crippen molar-refractivity contribution in [1.82, 2.24) is 0 Å². The van der Waals surface area contributed by atoms with Crippen molar-refractivity contribution in [2.24, 2.45) is 0 Å². The van der Waals surface area contributed by atoms with Crippen molar-refractivity contribution in [1.29, 1.82) is 0 Å². The van der Waals surface area contributed by atoms with Gasteiger partial charge in [-0.1, -0.05) is 6.92 Å². The molecule has 5 nitrogen and oxygen atoms in total. The molecule has 1 aromatic carbocycles. The number of methoxy groups -OCH3 is 1. The second kappa shape index (κ2) is 6.86. The number of benzene rings is 1. The molecule has 0 saturated heterocycles. The Kier molecular flexibility index (Phi) is 5.45. The van der Waals surface area contributed by atoms with Crippen LogP contribution in [0.4, 0.5) is 5.69 Å². The van der Waals surface area contributed by atoms with Gasteiger partial charge >= 0.3 is 5.97 Å². The van der Waals surface area contributed by atoms with Crippen LogP contribution in [0, 0.1) is 0 Å². The first-order valence-corrected chi connectivity index (χ1v) is 5.87. The van der Waals surface area contributed by atoms with Gasteiger partial charge < -0.3 is 20.3 Å². The lowest BCUT2D eigenvalue weighted by Gasteiger charge is -2.13. The summed E-state index contributed by atoms with van der Waals surface area (Å²) in [5, 5.41) is 21.0.